The Hall–Kier alpha value is -0.990. The molecule has 2 nitrogen and oxygen atoms in total. The lowest BCUT2D eigenvalue weighted by molar-refractivity contribution is 1.24. The molecule has 0 aliphatic carbocycles. The van der Waals surface area contributed by atoms with Crippen LogP contribution < -0.4 is 5.43 Å². The number of hydrogen-bond donors (Lipinski definition) is 1. The van der Waals surface area contributed by atoms with E-state index >= 15 is 0 Å². The van der Waals surface area contributed by atoms with Crippen molar-refractivity contribution in [3.8, 4) is 0 Å². The highest BCUT2D eigenvalue weighted by Gasteiger charge is 2.05. The van der Waals surface area contributed by atoms with Gasteiger partial charge in [0, 0.05) is 16.8 Å². The zero-order chi connectivity index (χ0) is 10.3. The maximum atomic E-state index is 11.6. The Kier molecular flexibility index (Phi) is 2.25. The van der Waals surface area contributed by atoms with Gasteiger partial charge in [-0.05, 0) is 19.1 Å². The van der Waals surface area contributed by atoms with Crippen molar-refractivity contribution in [2.75, 3.05) is 0 Å². The number of rotatable bonds is 0. The zero-order valence-electron chi connectivity index (χ0n) is 7.40. The first kappa shape index (κ1) is 9.56. The normalized spacial score (nSPS) is 10.8. The van der Waals surface area contributed by atoms with Crippen LogP contribution in [0, 0.1) is 6.92 Å². The van der Waals surface area contributed by atoms with Gasteiger partial charge in [0.15, 0.2) is 5.43 Å². The maximum Gasteiger partial charge on any atom is 0.191 e. The summed E-state index contributed by atoms with van der Waals surface area (Å²) in [5.41, 5.74) is 1.38. The van der Waals surface area contributed by atoms with E-state index in [2.05, 4.69) is 4.98 Å². The Morgan fingerprint density at radius 3 is 2.64 bits per heavy atom. The van der Waals surface area contributed by atoms with Gasteiger partial charge in [-0.2, -0.15) is 0 Å². The summed E-state index contributed by atoms with van der Waals surface area (Å²) < 4.78 is 0. The molecule has 2 rings (SSSR count). The summed E-state index contributed by atoms with van der Waals surface area (Å²) in [5, 5.41) is 1.39. The highest BCUT2D eigenvalue weighted by molar-refractivity contribution is 6.38. The third-order valence-corrected chi connectivity index (χ3v) is 2.50. The molecule has 0 spiro atoms. The van der Waals surface area contributed by atoms with Gasteiger partial charge in [-0.25, -0.2) is 0 Å². The van der Waals surface area contributed by atoms with Gasteiger partial charge in [-0.1, -0.05) is 23.2 Å². The average molecular weight is 228 g/mol. The Labute approximate surface area is 90.5 Å². The molecule has 14 heavy (non-hydrogen) atoms. The largest absolute Gasteiger partial charge is 0.358 e. The standard InChI is InChI=1S/C10H7Cl2NO/c1-5-2-9(14)10-7(12)3-6(11)4-8(10)13-5/h2-4H,1H3,(H,13,14). The van der Waals surface area contributed by atoms with Crippen molar-refractivity contribution in [1.82, 2.24) is 4.98 Å². The number of fused-ring (bicyclic) bond motifs is 1. The number of aromatic nitrogens is 1. The Bertz CT molecular complexity index is 555. The summed E-state index contributed by atoms with van der Waals surface area (Å²) in [7, 11) is 0. The van der Waals surface area contributed by atoms with E-state index in [4.69, 9.17) is 23.2 Å². The minimum Gasteiger partial charge on any atom is -0.358 e. The molecule has 0 fully saturated rings. The van der Waals surface area contributed by atoms with Gasteiger partial charge in [0.25, 0.3) is 0 Å². The van der Waals surface area contributed by atoms with Gasteiger partial charge in [-0.3, -0.25) is 4.79 Å². The second-order valence-corrected chi connectivity index (χ2v) is 3.97. The summed E-state index contributed by atoms with van der Waals surface area (Å²) in [5.74, 6) is 0. The molecule has 2 aromatic rings. The Morgan fingerprint density at radius 2 is 1.93 bits per heavy atom. The third-order valence-electron chi connectivity index (χ3n) is 1.98. The van der Waals surface area contributed by atoms with E-state index in [-0.39, 0.29) is 5.43 Å². The second-order valence-electron chi connectivity index (χ2n) is 3.13. The monoisotopic (exact) mass is 227 g/mol. The minimum atomic E-state index is -0.0853. The predicted octanol–water partition coefficient (Wildman–Crippen LogP) is 3.14. The van der Waals surface area contributed by atoms with E-state index in [1.54, 1.807) is 12.1 Å². The number of pyridine rings is 1. The molecule has 0 radical (unpaired) electrons. The van der Waals surface area contributed by atoms with Crippen LogP contribution >= 0.6 is 23.2 Å². The van der Waals surface area contributed by atoms with Gasteiger partial charge in [0.2, 0.25) is 0 Å². The fourth-order valence-corrected chi connectivity index (χ4v) is 2.03. The summed E-state index contributed by atoms with van der Waals surface area (Å²) in [6.07, 6.45) is 0. The molecule has 1 heterocycles. The fourth-order valence-electron chi connectivity index (χ4n) is 1.44. The van der Waals surface area contributed by atoms with Gasteiger partial charge in [0.1, 0.15) is 0 Å². The lowest BCUT2D eigenvalue weighted by Crippen LogP contribution is -2.03. The van der Waals surface area contributed by atoms with Crippen LogP contribution in [0.1, 0.15) is 5.69 Å². The van der Waals surface area contributed by atoms with Crippen LogP contribution in [-0.2, 0) is 0 Å². The summed E-state index contributed by atoms with van der Waals surface area (Å²) in [4.78, 5) is 14.6. The van der Waals surface area contributed by atoms with Crippen LogP contribution in [0.15, 0.2) is 23.0 Å². The summed E-state index contributed by atoms with van der Waals surface area (Å²) in [6.45, 7) is 1.82. The van der Waals surface area contributed by atoms with E-state index < -0.39 is 0 Å². The SMILES string of the molecule is Cc1cc(=O)c2c(Cl)cc(Cl)cc2[nH]1. The van der Waals surface area contributed by atoms with Gasteiger partial charge >= 0.3 is 0 Å². The smallest absolute Gasteiger partial charge is 0.191 e. The van der Waals surface area contributed by atoms with Crippen LogP contribution in [0.25, 0.3) is 10.9 Å². The molecule has 0 aliphatic heterocycles. The predicted molar refractivity (Wildman–Crippen MR) is 59.3 cm³/mol. The molecular formula is C10H7Cl2NO. The number of benzene rings is 1. The molecular weight excluding hydrogens is 221 g/mol. The third kappa shape index (κ3) is 1.51. The van der Waals surface area contributed by atoms with Crippen molar-refractivity contribution in [3.63, 3.8) is 0 Å². The number of aryl methyl sites for hydroxylation is 1. The first-order valence-electron chi connectivity index (χ1n) is 4.06. The van der Waals surface area contributed by atoms with E-state index in [9.17, 15) is 4.79 Å². The van der Waals surface area contributed by atoms with Crippen LogP contribution in [0.2, 0.25) is 10.0 Å². The molecule has 0 aliphatic rings. The molecule has 0 amide bonds. The molecule has 72 valence electrons. The highest BCUT2D eigenvalue weighted by Crippen LogP contribution is 2.24. The summed E-state index contributed by atoms with van der Waals surface area (Å²) in [6, 6.07) is 4.77. The first-order valence-corrected chi connectivity index (χ1v) is 4.82. The van der Waals surface area contributed by atoms with Gasteiger partial charge in [0.05, 0.1) is 15.9 Å². The van der Waals surface area contributed by atoms with Crippen molar-refractivity contribution in [3.05, 3.63) is 44.2 Å². The lowest BCUT2D eigenvalue weighted by atomic mass is 10.2. The second kappa shape index (κ2) is 3.30. The molecule has 0 atom stereocenters. The van der Waals surface area contributed by atoms with Crippen molar-refractivity contribution >= 4 is 34.1 Å². The number of hydrogen-bond acceptors (Lipinski definition) is 1. The average Bonchev–Trinajstić information content (AvgIpc) is 1.99. The van der Waals surface area contributed by atoms with Gasteiger partial charge < -0.3 is 4.98 Å². The summed E-state index contributed by atoms with van der Waals surface area (Å²) >= 11 is 11.7. The van der Waals surface area contributed by atoms with Crippen LogP contribution in [0.5, 0.6) is 0 Å². The van der Waals surface area contributed by atoms with Crippen molar-refractivity contribution in [2.45, 2.75) is 6.92 Å². The number of halogens is 2. The fraction of sp³-hybridized carbons (Fsp3) is 0.100. The van der Waals surface area contributed by atoms with E-state index in [0.29, 0.717) is 20.9 Å². The first-order chi connectivity index (χ1) is 6.58. The number of nitrogens with one attached hydrogen (secondary N) is 1. The minimum absolute atomic E-state index is 0.0853. The van der Waals surface area contributed by atoms with Crippen molar-refractivity contribution in [1.29, 1.82) is 0 Å². The van der Waals surface area contributed by atoms with Crippen molar-refractivity contribution in [2.24, 2.45) is 0 Å². The Morgan fingerprint density at radius 1 is 1.21 bits per heavy atom. The molecule has 4 heteroatoms. The Balaban J connectivity index is 3.02. The number of H-pyrrole nitrogens is 1. The van der Waals surface area contributed by atoms with Crippen LogP contribution in [0.3, 0.4) is 0 Å². The maximum absolute atomic E-state index is 11.6. The molecule has 1 aromatic carbocycles. The molecule has 0 saturated carbocycles. The molecule has 0 unspecified atom stereocenters. The zero-order valence-corrected chi connectivity index (χ0v) is 8.91. The van der Waals surface area contributed by atoms with E-state index in [1.807, 2.05) is 6.92 Å². The molecule has 0 bridgehead atoms. The van der Waals surface area contributed by atoms with E-state index in [0.717, 1.165) is 5.69 Å². The quantitative estimate of drug-likeness (QED) is 0.738. The van der Waals surface area contributed by atoms with Crippen molar-refractivity contribution < 1.29 is 0 Å². The number of aromatic amines is 1. The van der Waals surface area contributed by atoms with E-state index in [1.165, 1.54) is 6.07 Å². The highest BCUT2D eigenvalue weighted by atomic mass is 35.5. The van der Waals surface area contributed by atoms with Crippen LogP contribution in [0.4, 0.5) is 0 Å². The molecule has 1 N–H and O–H groups in total. The lowest BCUT2D eigenvalue weighted by Gasteiger charge is -2.02. The molecule has 0 saturated heterocycles. The van der Waals surface area contributed by atoms with Crippen LogP contribution in [-0.4, -0.2) is 4.98 Å². The molecule has 1 aromatic heterocycles. The topological polar surface area (TPSA) is 32.9 Å². The van der Waals surface area contributed by atoms with Gasteiger partial charge in [-0.15, -0.1) is 0 Å².